The van der Waals surface area contributed by atoms with Gasteiger partial charge in [0.05, 0.1) is 78.4 Å². The quantitative estimate of drug-likeness (QED) is 0.141. The van der Waals surface area contributed by atoms with E-state index in [9.17, 15) is 27.2 Å². The lowest BCUT2D eigenvalue weighted by molar-refractivity contribution is -0.121. The Morgan fingerprint density at radius 1 is 0.374 bits per heavy atom. The van der Waals surface area contributed by atoms with Crippen LogP contribution < -0.4 is 39.0 Å². The molecule has 4 aliphatic rings. The van der Waals surface area contributed by atoms with E-state index >= 15 is 0 Å². The first-order chi connectivity index (χ1) is 55.8. The summed E-state index contributed by atoms with van der Waals surface area (Å²) < 4.78 is 80.3. The molecule has 2 amide bonds. The molecule has 8 aromatic carbocycles. The largest absolute Gasteiger partial charge is 0.474 e. The van der Waals surface area contributed by atoms with E-state index in [-0.39, 0.29) is 48.3 Å². The Hall–Kier alpha value is -13.6. The van der Waals surface area contributed by atoms with Crippen molar-refractivity contribution in [1.29, 1.82) is 0 Å². The first-order valence-corrected chi connectivity index (χ1v) is 38.7. The van der Waals surface area contributed by atoms with Crippen molar-refractivity contribution in [3.8, 4) is 113 Å². The van der Waals surface area contributed by atoms with Crippen molar-refractivity contribution in [3.05, 3.63) is 263 Å². The minimum Gasteiger partial charge on any atom is -0.474 e. The molecule has 8 aromatic heterocycles. The average Bonchev–Trinajstić information content (AvgIpc) is 1.51. The predicted octanol–water partition coefficient (Wildman–Crippen LogP) is 20.1. The van der Waals surface area contributed by atoms with Crippen LogP contribution >= 0.6 is 22.7 Å². The molecule has 1 N–H and O–H groups in total. The average molecular weight is 1570 g/mol. The highest BCUT2D eigenvalue weighted by atomic mass is 32.1. The minimum absolute atomic E-state index is 0.0510. The van der Waals surface area contributed by atoms with E-state index in [1.165, 1.54) is 24.3 Å². The van der Waals surface area contributed by atoms with E-state index in [1.54, 1.807) is 111 Å². The van der Waals surface area contributed by atoms with E-state index in [0.717, 1.165) is 145 Å². The number of carbonyl (C=O) groups excluding carboxylic acids is 2. The van der Waals surface area contributed by atoms with Crippen LogP contribution in [0.4, 0.5) is 40.3 Å². The Morgan fingerprint density at radius 2 is 0.739 bits per heavy atom. The molecule has 115 heavy (non-hydrogen) atoms. The van der Waals surface area contributed by atoms with E-state index in [2.05, 4.69) is 88.6 Å². The van der Waals surface area contributed by atoms with E-state index in [1.807, 2.05) is 110 Å². The molecule has 0 aliphatic carbocycles. The number of halogens is 4. The van der Waals surface area contributed by atoms with Crippen molar-refractivity contribution >= 4 is 99.5 Å². The Labute approximate surface area is 666 Å². The van der Waals surface area contributed by atoms with Gasteiger partial charge in [0, 0.05) is 88.8 Å². The minimum atomic E-state index is -0.270. The van der Waals surface area contributed by atoms with Crippen LogP contribution in [0.2, 0.25) is 0 Å². The number of amides is 2. The molecule has 0 radical (unpaired) electrons. The van der Waals surface area contributed by atoms with Gasteiger partial charge in [0.1, 0.15) is 59.2 Å². The highest BCUT2D eigenvalue weighted by Crippen LogP contribution is 2.46. The maximum Gasteiger partial charge on any atom is 0.264 e. The number of nitrogens with one attached hydrogen (secondary N) is 1. The van der Waals surface area contributed by atoms with E-state index in [0.29, 0.717) is 81.8 Å². The Morgan fingerprint density at radius 3 is 1.17 bits per heavy atom. The summed E-state index contributed by atoms with van der Waals surface area (Å²) in [6, 6.07) is 60.3. The summed E-state index contributed by atoms with van der Waals surface area (Å²) in [5, 5.41) is 4.86. The van der Waals surface area contributed by atoms with Gasteiger partial charge in [0.25, 0.3) is 11.8 Å². The van der Waals surface area contributed by atoms with Gasteiger partial charge in [-0.15, -0.1) is 22.7 Å². The number of thiazole rings is 2. The topological polar surface area (TPSA) is 196 Å². The number of rotatable bonds is 8. The van der Waals surface area contributed by atoms with Gasteiger partial charge < -0.3 is 39.0 Å². The third-order valence-electron chi connectivity index (χ3n) is 20.6. The molecule has 0 saturated heterocycles. The second-order valence-corrected chi connectivity index (χ2v) is 30.0. The van der Waals surface area contributed by atoms with Crippen molar-refractivity contribution in [2.75, 3.05) is 80.7 Å². The lowest BCUT2D eigenvalue weighted by atomic mass is 9.96. The van der Waals surface area contributed by atoms with Crippen LogP contribution in [0, 0.1) is 51.0 Å². The summed E-state index contributed by atoms with van der Waals surface area (Å²) in [4.78, 5) is 66.3. The summed E-state index contributed by atoms with van der Waals surface area (Å²) in [5.74, 6) is 0.655. The Balaban J connectivity index is 0.000000111. The summed E-state index contributed by atoms with van der Waals surface area (Å²) in [6.45, 7) is 9.67. The first kappa shape index (κ1) is 74.2. The number of ether oxygens (including phenoxy) is 4. The zero-order chi connectivity index (χ0) is 79.3. The lowest BCUT2D eigenvalue weighted by Gasteiger charge is -2.28. The van der Waals surface area contributed by atoms with Gasteiger partial charge in [-0.3, -0.25) is 19.6 Å². The summed E-state index contributed by atoms with van der Waals surface area (Å²) in [5.41, 5.74) is 26.5. The normalized spacial score (nSPS) is 13.3. The third kappa shape index (κ3) is 15.0. The zero-order valence-electron chi connectivity index (χ0n) is 63.2. The number of aryl methyl sites for hydroxylation is 4. The number of benzene rings is 8. The number of likely N-dealkylation sites (N-methyl/N-ethyl adjacent to an activating group) is 3. The van der Waals surface area contributed by atoms with Gasteiger partial charge in [-0.05, 0) is 230 Å². The number of hydrogen-bond donors (Lipinski definition) is 1. The Kier molecular flexibility index (Phi) is 20.1. The number of aromatic nitrogens is 8. The maximum absolute atomic E-state index is 13.9. The van der Waals surface area contributed by atoms with Crippen LogP contribution in [0.15, 0.2) is 218 Å². The molecular weight excluding hydrogens is 1500 g/mol. The van der Waals surface area contributed by atoms with Crippen molar-refractivity contribution in [3.63, 3.8) is 0 Å². The molecule has 0 unspecified atom stereocenters. The smallest absolute Gasteiger partial charge is 0.264 e. The summed E-state index contributed by atoms with van der Waals surface area (Å²) >= 11 is 3.18. The van der Waals surface area contributed by atoms with E-state index in [4.69, 9.17) is 33.9 Å². The molecule has 18 nitrogen and oxygen atoms in total. The summed E-state index contributed by atoms with van der Waals surface area (Å²) in [6.07, 6.45) is 3.55. The molecule has 0 atom stereocenters. The molecule has 0 bridgehead atoms. The van der Waals surface area contributed by atoms with Gasteiger partial charge in [-0.25, -0.2) is 47.5 Å². The number of nitrogens with zero attached hydrogens (tertiary/aromatic N) is 11. The molecule has 12 heterocycles. The third-order valence-corrected chi connectivity index (χ3v) is 22.2. The summed E-state index contributed by atoms with van der Waals surface area (Å²) in [7, 11) is 5.79. The zero-order valence-corrected chi connectivity index (χ0v) is 64.9. The van der Waals surface area contributed by atoms with E-state index < -0.39 is 0 Å². The molecule has 16 aromatic rings. The highest BCUT2D eigenvalue weighted by Gasteiger charge is 2.30. The van der Waals surface area contributed by atoms with Crippen LogP contribution in [0.1, 0.15) is 22.3 Å². The predicted molar refractivity (Wildman–Crippen MR) is 447 cm³/mol. The fourth-order valence-corrected chi connectivity index (χ4v) is 15.6. The van der Waals surface area contributed by atoms with Gasteiger partial charge in [-0.2, -0.15) is 0 Å². The molecule has 20 rings (SSSR count). The molecule has 0 saturated carbocycles. The van der Waals surface area contributed by atoms with Crippen LogP contribution in [0.25, 0.3) is 132 Å². The van der Waals surface area contributed by atoms with Gasteiger partial charge in [0.2, 0.25) is 23.5 Å². The SMILES string of the molecule is Cc1cc(-c2nc3c(cc2-c2ccc4ncccc4c2)N(C)CCO3)ccc1F.Cc1cc(-c2nc3c(cc2-c2ccc4ncccc4c2)NC(=O)CO3)ccc1F.Cc1cc(-c2nc3c(cc2-c2ccc4ncsc4c2)N(C)C(=O)CO3)ccc1F.Cc1cc(-c2nc3c(cc2-c2ccc4ncsc4c2)N(C)CCO3)ccc1F. The van der Waals surface area contributed by atoms with Crippen molar-refractivity contribution < 1.29 is 46.1 Å². The second-order valence-electron chi connectivity index (χ2n) is 28.2. The highest BCUT2D eigenvalue weighted by molar-refractivity contribution is 7.17. The molecule has 0 fully saturated rings. The van der Waals surface area contributed by atoms with Crippen molar-refractivity contribution in [1.82, 2.24) is 39.9 Å². The van der Waals surface area contributed by atoms with Crippen LogP contribution in [-0.2, 0) is 9.59 Å². The second kappa shape index (κ2) is 31.2. The van der Waals surface area contributed by atoms with Gasteiger partial charge >= 0.3 is 0 Å². The van der Waals surface area contributed by atoms with Gasteiger partial charge in [0.15, 0.2) is 13.2 Å². The standard InChI is InChI=1S/C24H20FN3O.C23H16FN3O2.C22H16FN3O2S.C22H18FN3OS/c1-15-12-18(5-7-20(15)25)23-19(14-22-24(27-23)29-11-10-28(22)2)16-6-8-21-17(13-16)4-3-9-26-21;1-13-9-16(4-6-18(13)24)22-17(11-20-23(27-22)29-12-21(28)26-20)14-5-7-19-15(10-14)3-2-8-25-19;1-12-7-14(3-5-16(12)23)21-15(13-4-6-17-19(8-13)29-11-24-17)9-18-22(25-21)28-10-20(27)26(18)2;1-13-9-15(3-5-17(13)23)21-16(11-19-22(25-21)27-8-7-26(19)2)14-4-6-18-20(10-14)28-12-24-18/h3-9,12-14H,10-11H2,1-2H3;2-11H,12H2,1H3,(H,26,28);3-9,11H,10H2,1-2H3;3-6,9-12H,7-8H2,1-2H3. The van der Waals surface area contributed by atoms with Gasteiger partial charge in [-0.1, -0.05) is 36.4 Å². The molecule has 4 aliphatic heterocycles. The number of fused-ring (bicyclic) bond motifs is 8. The number of anilines is 4. The number of pyridine rings is 6. The monoisotopic (exact) mass is 1570 g/mol. The van der Waals surface area contributed by atoms with Crippen LogP contribution in [0.5, 0.6) is 23.5 Å². The molecule has 24 heteroatoms. The molecule has 0 spiro atoms. The number of hydrogen-bond acceptors (Lipinski definition) is 18. The Bertz CT molecular complexity index is 6580. The molecule has 570 valence electrons. The molecular formula is C91H70F4N12O6S2. The fraction of sp³-hybridized carbons (Fsp3) is 0.143. The van der Waals surface area contributed by atoms with Crippen LogP contribution in [0.3, 0.4) is 0 Å². The number of carbonyl (C=O) groups is 2. The fourth-order valence-electron chi connectivity index (χ4n) is 14.2. The van der Waals surface area contributed by atoms with Crippen molar-refractivity contribution in [2.24, 2.45) is 0 Å². The first-order valence-electron chi connectivity index (χ1n) is 36.9. The lowest BCUT2D eigenvalue weighted by Crippen LogP contribution is -2.35. The maximum atomic E-state index is 13.9. The van der Waals surface area contributed by atoms with Crippen molar-refractivity contribution in [2.45, 2.75) is 27.7 Å². The van der Waals surface area contributed by atoms with Crippen LogP contribution in [-0.4, -0.2) is 112 Å².